The van der Waals surface area contributed by atoms with Crippen LogP contribution in [0.4, 0.5) is 0 Å². The maximum atomic E-state index is 5.83. The molecule has 0 fully saturated rings. The van der Waals surface area contributed by atoms with Gasteiger partial charge in [0.1, 0.15) is 11.3 Å². The molecule has 0 unspecified atom stereocenters. The normalized spacial score (nSPS) is 11.7. The topological polar surface area (TPSA) is 35.0 Å². The second-order valence-corrected chi connectivity index (χ2v) is 3.27. The first kappa shape index (κ1) is 9.42. The van der Waals surface area contributed by atoms with E-state index in [-0.39, 0.29) is 0 Å². The van der Waals surface area contributed by atoms with Gasteiger partial charge in [0.15, 0.2) is 5.15 Å². The van der Waals surface area contributed by atoms with E-state index in [1.54, 1.807) is 19.5 Å². The van der Waals surface area contributed by atoms with Crippen LogP contribution in [0.5, 0.6) is 0 Å². The van der Waals surface area contributed by atoms with E-state index in [4.69, 9.17) is 16.3 Å². The van der Waals surface area contributed by atoms with Gasteiger partial charge in [-0.15, -0.1) is 0 Å². The summed E-state index contributed by atoms with van der Waals surface area (Å²) in [6, 6.07) is 0. The zero-order chi connectivity index (χ0) is 9.19. The van der Waals surface area contributed by atoms with E-state index in [1.807, 2.05) is 13.8 Å². The number of aromatic nitrogens is 2. The van der Waals surface area contributed by atoms with Crippen LogP contribution >= 0.6 is 11.6 Å². The first-order valence-corrected chi connectivity index (χ1v) is 3.98. The lowest BCUT2D eigenvalue weighted by Gasteiger charge is -2.22. The molecule has 0 aliphatic heterocycles. The summed E-state index contributed by atoms with van der Waals surface area (Å²) in [7, 11) is 1.62. The van der Waals surface area contributed by atoms with Gasteiger partial charge in [0.05, 0.1) is 0 Å². The fraction of sp³-hybridized carbons (Fsp3) is 0.500. The monoisotopic (exact) mass is 186 g/mol. The third kappa shape index (κ3) is 1.73. The molecule has 66 valence electrons. The molecule has 4 heteroatoms. The van der Waals surface area contributed by atoms with Crippen LogP contribution in [0.2, 0.25) is 5.15 Å². The van der Waals surface area contributed by atoms with Crippen LogP contribution in [0.3, 0.4) is 0 Å². The van der Waals surface area contributed by atoms with E-state index in [0.29, 0.717) is 10.8 Å². The van der Waals surface area contributed by atoms with Crippen molar-refractivity contribution in [1.29, 1.82) is 0 Å². The van der Waals surface area contributed by atoms with Crippen molar-refractivity contribution < 1.29 is 4.74 Å². The molecule has 0 N–H and O–H groups in total. The zero-order valence-electron chi connectivity index (χ0n) is 7.34. The summed E-state index contributed by atoms with van der Waals surface area (Å²) >= 11 is 5.83. The van der Waals surface area contributed by atoms with Gasteiger partial charge in [0, 0.05) is 19.5 Å². The quantitative estimate of drug-likeness (QED) is 0.709. The highest BCUT2D eigenvalue weighted by atomic mass is 35.5. The van der Waals surface area contributed by atoms with Crippen LogP contribution in [0.25, 0.3) is 0 Å². The third-order valence-electron chi connectivity index (χ3n) is 1.73. The van der Waals surface area contributed by atoms with Gasteiger partial charge in [-0.3, -0.25) is 4.98 Å². The van der Waals surface area contributed by atoms with Crippen molar-refractivity contribution in [1.82, 2.24) is 9.97 Å². The summed E-state index contributed by atoms with van der Waals surface area (Å²) in [6.45, 7) is 3.78. The summed E-state index contributed by atoms with van der Waals surface area (Å²) in [5, 5.41) is 0.393. The van der Waals surface area contributed by atoms with Crippen LogP contribution in [0.1, 0.15) is 19.5 Å². The Kier molecular flexibility index (Phi) is 2.65. The highest BCUT2D eigenvalue weighted by molar-refractivity contribution is 6.30. The second kappa shape index (κ2) is 3.37. The van der Waals surface area contributed by atoms with Crippen LogP contribution in [-0.4, -0.2) is 17.1 Å². The highest BCUT2D eigenvalue weighted by Crippen LogP contribution is 2.26. The van der Waals surface area contributed by atoms with Gasteiger partial charge in [0.25, 0.3) is 0 Å². The number of methoxy groups -OCH3 is 1. The van der Waals surface area contributed by atoms with E-state index in [1.165, 1.54) is 0 Å². The second-order valence-electron chi connectivity index (χ2n) is 2.91. The fourth-order valence-electron chi connectivity index (χ4n) is 0.822. The lowest BCUT2D eigenvalue weighted by atomic mass is 10.1. The SMILES string of the molecule is COC(C)(C)c1nccnc1Cl. The molecule has 1 rings (SSSR count). The molecule has 0 bridgehead atoms. The molecule has 0 aromatic carbocycles. The van der Waals surface area contributed by atoms with Crippen LogP contribution in [-0.2, 0) is 10.3 Å². The molecule has 0 aliphatic carbocycles. The Bertz CT molecular complexity index is 276. The van der Waals surface area contributed by atoms with Gasteiger partial charge in [-0.05, 0) is 13.8 Å². The minimum Gasteiger partial charge on any atom is -0.372 e. The average molecular weight is 187 g/mol. The number of hydrogen-bond acceptors (Lipinski definition) is 3. The van der Waals surface area contributed by atoms with E-state index < -0.39 is 5.60 Å². The van der Waals surface area contributed by atoms with Gasteiger partial charge >= 0.3 is 0 Å². The summed E-state index contributed by atoms with van der Waals surface area (Å²) in [5.41, 5.74) is 0.180. The van der Waals surface area contributed by atoms with Crippen molar-refractivity contribution in [3.8, 4) is 0 Å². The lowest BCUT2D eigenvalue weighted by Crippen LogP contribution is -2.21. The van der Waals surface area contributed by atoms with E-state index in [0.717, 1.165) is 0 Å². The molecule has 12 heavy (non-hydrogen) atoms. The Morgan fingerprint density at radius 2 is 1.92 bits per heavy atom. The van der Waals surface area contributed by atoms with Gasteiger partial charge in [-0.25, -0.2) is 4.98 Å². The lowest BCUT2D eigenvalue weighted by molar-refractivity contribution is 0.0153. The minimum atomic E-state index is -0.481. The molecule has 3 nitrogen and oxygen atoms in total. The molecule has 0 radical (unpaired) electrons. The molecule has 1 aromatic rings. The summed E-state index contributed by atoms with van der Waals surface area (Å²) in [5.74, 6) is 0. The Morgan fingerprint density at radius 3 is 2.42 bits per heavy atom. The van der Waals surface area contributed by atoms with Crippen molar-refractivity contribution in [3.63, 3.8) is 0 Å². The Hall–Kier alpha value is -0.670. The molecular formula is C8H11ClN2O. The molecule has 0 atom stereocenters. The van der Waals surface area contributed by atoms with Crippen LogP contribution < -0.4 is 0 Å². The van der Waals surface area contributed by atoms with E-state index >= 15 is 0 Å². The predicted octanol–water partition coefficient (Wildman–Crippen LogP) is 2.01. The van der Waals surface area contributed by atoms with Crippen molar-refractivity contribution in [3.05, 3.63) is 23.2 Å². The summed E-state index contributed by atoms with van der Waals surface area (Å²) in [4.78, 5) is 8.02. The maximum Gasteiger partial charge on any atom is 0.153 e. The van der Waals surface area contributed by atoms with Gasteiger partial charge in [-0.2, -0.15) is 0 Å². The highest BCUT2D eigenvalue weighted by Gasteiger charge is 2.24. The smallest absolute Gasteiger partial charge is 0.153 e. The molecule has 0 saturated heterocycles. The number of ether oxygens (including phenoxy) is 1. The minimum absolute atomic E-state index is 0.393. The standard InChI is InChI=1S/C8H11ClN2O/c1-8(2,12-3)6-7(9)11-5-4-10-6/h4-5H,1-3H3. The first-order valence-electron chi connectivity index (χ1n) is 3.60. The van der Waals surface area contributed by atoms with Gasteiger partial charge < -0.3 is 4.74 Å². The third-order valence-corrected chi connectivity index (χ3v) is 2.01. The zero-order valence-corrected chi connectivity index (χ0v) is 8.09. The molecule has 0 saturated carbocycles. The first-order chi connectivity index (χ1) is 5.58. The average Bonchev–Trinajstić information content (AvgIpc) is 2.05. The van der Waals surface area contributed by atoms with E-state index in [9.17, 15) is 0 Å². The van der Waals surface area contributed by atoms with Gasteiger partial charge in [-0.1, -0.05) is 11.6 Å². The number of rotatable bonds is 2. The van der Waals surface area contributed by atoms with Crippen LogP contribution in [0.15, 0.2) is 12.4 Å². The van der Waals surface area contributed by atoms with Crippen molar-refractivity contribution >= 4 is 11.6 Å². The fourth-order valence-corrected chi connectivity index (χ4v) is 1.15. The molecule has 0 spiro atoms. The summed E-state index contributed by atoms with van der Waals surface area (Å²) in [6.07, 6.45) is 3.15. The molecule has 0 amide bonds. The Labute approximate surface area is 76.7 Å². The number of hydrogen-bond donors (Lipinski definition) is 0. The Morgan fingerprint density at radius 1 is 1.33 bits per heavy atom. The Balaban J connectivity index is 3.10. The number of halogens is 1. The molecule has 1 aromatic heterocycles. The van der Waals surface area contributed by atoms with Gasteiger partial charge in [0.2, 0.25) is 0 Å². The molecular weight excluding hydrogens is 176 g/mol. The molecule has 0 aliphatic rings. The largest absolute Gasteiger partial charge is 0.372 e. The van der Waals surface area contributed by atoms with Crippen LogP contribution in [0, 0.1) is 0 Å². The summed E-state index contributed by atoms with van der Waals surface area (Å²) < 4.78 is 5.22. The van der Waals surface area contributed by atoms with Crippen molar-refractivity contribution in [2.24, 2.45) is 0 Å². The molecule has 1 heterocycles. The number of nitrogens with zero attached hydrogens (tertiary/aromatic N) is 2. The van der Waals surface area contributed by atoms with E-state index in [2.05, 4.69) is 9.97 Å². The van der Waals surface area contributed by atoms with Crippen molar-refractivity contribution in [2.45, 2.75) is 19.4 Å². The van der Waals surface area contributed by atoms with Crippen molar-refractivity contribution in [2.75, 3.05) is 7.11 Å². The predicted molar refractivity (Wildman–Crippen MR) is 47.1 cm³/mol. The maximum absolute atomic E-state index is 5.83.